The predicted octanol–water partition coefficient (Wildman–Crippen LogP) is 1.66. The van der Waals surface area contributed by atoms with Gasteiger partial charge in [0.15, 0.2) is 0 Å². The summed E-state index contributed by atoms with van der Waals surface area (Å²) < 4.78 is 5.56. The van der Waals surface area contributed by atoms with E-state index in [4.69, 9.17) is 4.74 Å². The average Bonchev–Trinajstić information content (AvgIpc) is 2.71. The molecule has 1 unspecified atom stereocenters. The van der Waals surface area contributed by atoms with Gasteiger partial charge in [-0.1, -0.05) is 20.3 Å². The number of hydrogen-bond donors (Lipinski definition) is 0. The van der Waals surface area contributed by atoms with Gasteiger partial charge in [0, 0.05) is 39.2 Å². The maximum Gasteiger partial charge on any atom is 0.251 e. The van der Waals surface area contributed by atoms with Gasteiger partial charge in [0.25, 0.3) is 5.91 Å². The molecule has 5 nitrogen and oxygen atoms in total. The third-order valence-electron chi connectivity index (χ3n) is 3.68. The third-order valence-corrected chi connectivity index (χ3v) is 3.68. The van der Waals surface area contributed by atoms with Gasteiger partial charge in [-0.05, 0) is 19.8 Å². The Morgan fingerprint density at radius 2 is 1.75 bits per heavy atom. The number of hydrogen-bond acceptors (Lipinski definition) is 3. The topological polar surface area (TPSA) is 49.9 Å². The molecule has 1 fully saturated rings. The number of carbonyl (C=O) groups excluding carboxylic acids is 2. The fourth-order valence-corrected chi connectivity index (χ4v) is 2.34. The van der Waals surface area contributed by atoms with Crippen molar-refractivity contribution in [2.75, 3.05) is 32.8 Å². The SMILES string of the molecule is CCCCOC(C)C(=O)N1CCCN(C(=O)CC)CC1. The average molecular weight is 284 g/mol. The van der Waals surface area contributed by atoms with E-state index in [0.717, 1.165) is 25.8 Å². The molecule has 1 atom stereocenters. The molecule has 1 saturated heterocycles. The first-order valence-electron chi connectivity index (χ1n) is 7.78. The lowest BCUT2D eigenvalue weighted by atomic mass is 10.3. The first kappa shape index (κ1) is 17.0. The summed E-state index contributed by atoms with van der Waals surface area (Å²) in [5, 5.41) is 0. The molecule has 5 heteroatoms. The minimum Gasteiger partial charge on any atom is -0.369 e. The van der Waals surface area contributed by atoms with E-state index in [-0.39, 0.29) is 17.9 Å². The molecule has 0 aliphatic carbocycles. The van der Waals surface area contributed by atoms with E-state index in [0.29, 0.717) is 32.7 Å². The molecule has 20 heavy (non-hydrogen) atoms. The van der Waals surface area contributed by atoms with Crippen LogP contribution in [0, 0.1) is 0 Å². The van der Waals surface area contributed by atoms with Gasteiger partial charge < -0.3 is 14.5 Å². The lowest BCUT2D eigenvalue weighted by Crippen LogP contribution is -2.42. The van der Waals surface area contributed by atoms with Gasteiger partial charge in [-0.15, -0.1) is 0 Å². The van der Waals surface area contributed by atoms with Crippen molar-refractivity contribution < 1.29 is 14.3 Å². The maximum absolute atomic E-state index is 12.3. The summed E-state index contributed by atoms with van der Waals surface area (Å²) in [5.74, 6) is 0.221. The van der Waals surface area contributed by atoms with Crippen LogP contribution in [0.1, 0.15) is 46.5 Å². The van der Waals surface area contributed by atoms with E-state index >= 15 is 0 Å². The first-order valence-corrected chi connectivity index (χ1v) is 7.78. The van der Waals surface area contributed by atoms with Gasteiger partial charge in [-0.2, -0.15) is 0 Å². The molecule has 1 aliphatic rings. The zero-order chi connectivity index (χ0) is 15.0. The van der Waals surface area contributed by atoms with Crippen LogP contribution < -0.4 is 0 Å². The molecular weight excluding hydrogens is 256 g/mol. The van der Waals surface area contributed by atoms with Crippen molar-refractivity contribution >= 4 is 11.8 Å². The highest BCUT2D eigenvalue weighted by atomic mass is 16.5. The van der Waals surface area contributed by atoms with Gasteiger partial charge in [0.2, 0.25) is 5.91 Å². The monoisotopic (exact) mass is 284 g/mol. The molecule has 1 rings (SSSR count). The van der Waals surface area contributed by atoms with Crippen molar-refractivity contribution in [3.63, 3.8) is 0 Å². The summed E-state index contributed by atoms with van der Waals surface area (Å²) in [6.45, 7) is 9.15. The Hall–Kier alpha value is -1.10. The maximum atomic E-state index is 12.3. The zero-order valence-electron chi connectivity index (χ0n) is 13.1. The van der Waals surface area contributed by atoms with Crippen molar-refractivity contribution in [1.29, 1.82) is 0 Å². The highest BCUT2D eigenvalue weighted by Gasteiger charge is 2.24. The van der Waals surface area contributed by atoms with Gasteiger partial charge in [0.05, 0.1) is 0 Å². The van der Waals surface area contributed by atoms with Crippen LogP contribution in [0.3, 0.4) is 0 Å². The Bertz CT molecular complexity index is 320. The van der Waals surface area contributed by atoms with Crippen LogP contribution >= 0.6 is 0 Å². The minimum absolute atomic E-state index is 0.0481. The van der Waals surface area contributed by atoms with E-state index < -0.39 is 0 Å². The number of carbonyl (C=O) groups is 2. The van der Waals surface area contributed by atoms with Crippen LogP contribution in [0.5, 0.6) is 0 Å². The number of ether oxygens (including phenoxy) is 1. The van der Waals surface area contributed by atoms with Crippen LogP contribution in [-0.4, -0.2) is 60.5 Å². The van der Waals surface area contributed by atoms with Crippen molar-refractivity contribution in [3.05, 3.63) is 0 Å². The van der Waals surface area contributed by atoms with Gasteiger partial charge >= 0.3 is 0 Å². The van der Waals surface area contributed by atoms with Gasteiger partial charge in [-0.25, -0.2) is 0 Å². The number of amides is 2. The summed E-state index contributed by atoms with van der Waals surface area (Å²) in [4.78, 5) is 27.7. The number of rotatable bonds is 6. The Balaban J connectivity index is 2.43. The van der Waals surface area contributed by atoms with Crippen molar-refractivity contribution in [3.8, 4) is 0 Å². The first-order chi connectivity index (χ1) is 9.60. The molecule has 0 bridgehead atoms. The highest BCUT2D eigenvalue weighted by molar-refractivity contribution is 5.81. The van der Waals surface area contributed by atoms with Crippen LogP contribution in [-0.2, 0) is 14.3 Å². The quantitative estimate of drug-likeness (QED) is 0.697. The summed E-state index contributed by atoms with van der Waals surface area (Å²) in [5.41, 5.74) is 0. The van der Waals surface area contributed by atoms with Gasteiger partial charge in [0.1, 0.15) is 6.10 Å². The van der Waals surface area contributed by atoms with E-state index in [1.54, 1.807) is 0 Å². The molecule has 0 aromatic rings. The molecule has 1 heterocycles. The molecular formula is C15H28N2O3. The lowest BCUT2D eigenvalue weighted by molar-refractivity contribution is -0.143. The molecule has 116 valence electrons. The second kappa shape index (κ2) is 8.95. The largest absolute Gasteiger partial charge is 0.369 e. The molecule has 0 aromatic carbocycles. The van der Waals surface area contributed by atoms with Crippen LogP contribution in [0.25, 0.3) is 0 Å². The summed E-state index contributed by atoms with van der Waals surface area (Å²) >= 11 is 0. The predicted molar refractivity (Wildman–Crippen MR) is 78.4 cm³/mol. The normalized spacial score (nSPS) is 17.8. The fraction of sp³-hybridized carbons (Fsp3) is 0.867. The van der Waals surface area contributed by atoms with Gasteiger partial charge in [-0.3, -0.25) is 9.59 Å². The van der Waals surface area contributed by atoms with E-state index in [1.165, 1.54) is 0 Å². The van der Waals surface area contributed by atoms with Crippen molar-refractivity contribution in [2.24, 2.45) is 0 Å². The summed E-state index contributed by atoms with van der Waals surface area (Å²) in [7, 11) is 0. The van der Waals surface area contributed by atoms with E-state index in [1.807, 2.05) is 23.6 Å². The Kier molecular flexibility index (Phi) is 7.59. The Morgan fingerprint density at radius 1 is 1.10 bits per heavy atom. The second-order valence-corrected chi connectivity index (χ2v) is 5.28. The zero-order valence-corrected chi connectivity index (χ0v) is 13.1. The van der Waals surface area contributed by atoms with Crippen molar-refractivity contribution in [1.82, 2.24) is 9.80 Å². The third kappa shape index (κ3) is 5.12. The van der Waals surface area contributed by atoms with Crippen LogP contribution in [0.4, 0.5) is 0 Å². The van der Waals surface area contributed by atoms with Crippen molar-refractivity contribution in [2.45, 2.75) is 52.6 Å². The molecule has 0 aromatic heterocycles. The Morgan fingerprint density at radius 3 is 2.40 bits per heavy atom. The molecule has 0 N–H and O–H groups in total. The summed E-state index contributed by atoms with van der Waals surface area (Å²) in [6, 6.07) is 0. The highest BCUT2D eigenvalue weighted by Crippen LogP contribution is 2.08. The number of unbranched alkanes of at least 4 members (excludes halogenated alkanes) is 1. The molecule has 0 spiro atoms. The Labute approximate surface area is 122 Å². The fourth-order valence-electron chi connectivity index (χ4n) is 2.34. The van der Waals surface area contributed by atoms with E-state index in [2.05, 4.69) is 6.92 Å². The minimum atomic E-state index is -0.380. The lowest BCUT2D eigenvalue weighted by Gasteiger charge is -2.24. The molecule has 1 aliphatic heterocycles. The molecule has 0 saturated carbocycles. The summed E-state index contributed by atoms with van der Waals surface area (Å²) in [6.07, 6.45) is 3.05. The van der Waals surface area contributed by atoms with Crippen LogP contribution in [0.2, 0.25) is 0 Å². The molecule has 2 amide bonds. The standard InChI is InChI=1S/C15H28N2O3/c1-4-6-12-20-13(3)15(19)17-9-7-8-16(10-11-17)14(18)5-2/h13H,4-12H2,1-3H3. The van der Waals surface area contributed by atoms with E-state index in [9.17, 15) is 9.59 Å². The smallest absolute Gasteiger partial charge is 0.251 e. The molecule has 0 radical (unpaired) electrons. The second-order valence-electron chi connectivity index (χ2n) is 5.28. The van der Waals surface area contributed by atoms with Crippen LogP contribution in [0.15, 0.2) is 0 Å². The number of nitrogens with zero attached hydrogens (tertiary/aromatic N) is 2.